The molecule has 0 atom stereocenters. The summed E-state index contributed by atoms with van der Waals surface area (Å²) in [6, 6.07) is 8.07. The first-order valence-electron chi connectivity index (χ1n) is 8.80. The van der Waals surface area contributed by atoms with Gasteiger partial charge < -0.3 is 10.1 Å². The molecule has 0 spiro atoms. The van der Waals surface area contributed by atoms with Crippen molar-refractivity contribution in [3.8, 4) is 16.9 Å². The number of thiophene rings is 1. The summed E-state index contributed by atoms with van der Waals surface area (Å²) in [4.78, 5) is 9.89. The van der Waals surface area contributed by atoms with Crippen LogP contribution in [0.4, 0.5) is 5.82 Å². The average Bonchev–Trinajstić information content (AvgIpc) is 3.38. The van der Waals surface area contributed by atoms with Gasteiger partial charge in [0.1, 0.15) is 22.7 Å². The molecule has 4 aromatic rings. The topological polar surface area (TPSA) is 77.8 Å². The third-order valence-electron chi connectivity index (χ3n) is 4.35. The Morgan fingerprint density at radius 2 is 2.04 bits per heavy atom. The summed E-state index contributed by atoms with van der Waals surface area (Å²) >= 11 is 1.63. The lowest BCUT2D eigenvalue weighted by Gasteiger charge is -2.09. The van der Waals surface area contributed by atoms with E-state index >= 15 is 0 Å². The van der Waals surface area contributed by atoms with Gasteiger partial charge in [0.2, 0.25) is 0 Å². The number of rotatable bonds is 8. The second-order valence-corrected chi connectivity index (χ2v) is 6.94. The highest BCUT2D eigenvalue weighted by molar-refractivity contribution is 7.17. The van der Waals surface area contributed by atoms with Crippen LogP contribution in [0.25, 0.3) is 21.3 Å². The van der Waals surface area contributed by atoms with Gasteiger partial charge in [0.15, 0.2) is 0 Å². The van der Waals surface area contributed by atoms with Crippen molar-refractivity contribution in [1.82, 2.24) is 25.0 Å². The number of benzene rings is 1. The summed E-state index contributed by atoms with van der Waals surface area (Å²) < 4.78 is 7.11. The predicted octanol–water partition coefficient (Wildman–Crippen LogP) is 3.85. The zero-order chi connectivity index (χ0) is 18.5. The maximum atomic E-state index is 5.26. The van der Waals surface area contributed by atoms with E-state index < -0.39 is 0 Å². The maximum absolute atomic E-state index is 5.26. The first-order chi connectivity index (χ1) is 13.3. The van der Waals surface area contributed by atoms with E-state index in [4.69, 9.17) is 4.74 Å². The summed E-state index contributed by atoms with van der Waals surface area (Å²) in [6.45, 7) is 1.72. The van der Waals surface area contributed by atoms with Gasteiger partial charge in [-0.1, -0.05) is 17.3 Å². The molecule has 0 aliphatic carbocycles. The molecule has 27 heavy (non-hydrogen) atoms. The molecule has 3 aromatic heterocycles. The Morgan fingerprint density at radius 1 is 1.15 bits per heavy atom. The van der Waals surface area contributed by atoms with Crippen LogP contribution in [0.1, 0.15) is 12.8 Å². The zero-order valence-electron chi connectivity index (χ0n) is 15.0. The van der Waals surface area contributed by atoms with Gasteiger partial charge in [-0.25, -0.2) is 9.97 Å². The molecule has 7 nitrogen and oxygen atoms in total. The fraction of sp³-hybridized carbons (Fsp3) is 0.263. The lowest BCUT2D eigenvalue weighted by molar-refractivity contribution is 0.415. The standard InChI is InChI=1S/C19H20N6OS/c1-26-15-6-4-14(5-7-15)16-12-27-19-17(16)18(21-13-22-19)20-8-2-3-10-25-11-9-23-24-25/h4-7,9,11-13H,2-3,8,10H2,1H3,(H,20,21,22). The monoisotopic (exact) mass is 380 g/mol. The molecule has 0 aliphatic heterocycles. The van der Waals surface area contributed by atoms with Crippen LogP contribution < -0.4 is 10.1 Å². The number of aryl methyl sites for hydroxylation is 1. The van der Waals surface area contributed by atoms with E-state index in [2.05, 4.69) is 43.1 Å². The minimum atomic E-state index is 0.846. The Kier molecular flexibility index (Phi) is 5.24. The van der Waals surface area contributed by atoms with Crippen molar-refractivity contribution in [2.24, 2.45) is 0 Å². The van der Waals surface area contributed by atoms with Gasteiger partial charge in [0, 0.05) is 30.2 Å². The average molecular weight is 380 g/mol. The highest BCUT2D eigenvalue weighted by atomic mass is 32.1. The van der Waals surface area contributed by atoms with Crippen LogP contribution in [-0.4, -0.2) is 38.6 Å². The summed E-state index contributed by atoms with van der Waals surface area (Å²) in [5.74, 6) is 1.73. The number of hydrogen-bond acceptors (Lipinski definition) is 7. The lowest BCUT2D eigenvalue weighted by atomic mass is 10.1. The second kappa shape index (κ2) is 8.13. The molecular formula is C19H20N6OS. The van der Waals surface area contributed by atoms with Crippen molar-refractivity contribution in [2.45, 2.75) is 19.4 Å². The Bertz CT molecular complexity index is 997. The summed E-state index contributed by atoms with van der Waals surface area (Å²) in [5.41, 5.74) is 2.27. The lowest BCUT2D eigenvalue weighted by Crippen LogP contribution is -2.06. The van der Waals surface area contributed by atoms with Crippen molar-refractivity contribution >= 4 is 27.4 Å². The fourth-order valence-electron chi connectivity index (χ4n) is 2.95. The number of nitrogens with one attached hydrogen (secondary N) is 1. The molecule has 0 amide bonds. The van der Waals surface area contributed by atoms with Crippen LogP contribution in [0.3, 0.4) is 0 Å². The van der Waals surface area contributed by atoms with Crippen molar-refractivity contribution in [2.75, 3.05) is 19.0 Å². The minimum absolute atomic E-state index is 0.846. The molecule has 0 unspecified atom stereocenters. The molecule has 1 N–H and O–H groups in total. The van der Waals surface area contributed by atoms with Gasteiger partial charge >= 0.3 is 0 Å². The maximum Gasteiger partial charge on any atom is 0.138 e. The first-order valence-corrected chi connectivity index (χ1v) is 9.68. The van der Waals surface area contributed by atoms with Crippen molar-refractivity contribution in [3.05, 3.63) is 48.4 Å². The van der Waals surface area contributed by atoms with Gasteiger partial charge in [-0.3, -0.25) is 4.68 Å². The van der Waals surface area contributed by atoms with Gasteiger partial charge in [-0.05, 0) is 30.5 Å². The largest absolute Gasteiger partial charge is 0.497 e. The van der Waals surface area contributed by atoms with E-state index in [-0.39, 0.29) is 0 Å². The van der Waals surface area contributed by atoms with Crippen LogP contribution in [-0.2, 0) is 6.54 Å². The van der Waals surface area contributed by atoms with Gasteiger partial charge in [0.05, 0.1) is 18.7 Å². The number of ether oxygens (including phenoxy) is 1. The Morgan fingerprint density at radius 3 is 2.81 bits per heavy atom. The number of aromatic nitrogens is 5. The Balaban J connectivity index is 1.48. The van der Waals surface area contributed by atoms with Crippen LogP contribution in [0, 0.1) is 0 Å². The molecule has 0 saturated heterocycles. The fourth-order valence-corrected chi connectivity index (χ4v) is 3.87. The van der Waals surface area contributed by atoms with Gasteiger partial charge in [-0.15, -0.1) is 16.4 Å². The number of fused-ring (bicyclic) bond motifs is 1. The molecule has 0 radical (unpaired) electrons. The molecule has 1 aromatic carbocycles. The highest BCUT2D eigenvalue weighted by Gasteiger charge is 2.13. The molecule has 0 saturated carbocycles. The Hall–Kier alpha value is -3.00. The van der Waals surface area contributed by atoms with Crippen LogP contribution >= 0.6 is 11.3 Å². The number of anilines is 1. The minimum Gasteiger partial charge on any atom is -0.497 e. The zero-order valence-corrected chi connectivity index (χ0v) is 15.8. The van der Waals surface area contributed by atoms with E-state index in [0.29, 0.717) is 0 Å². The summed E-state index contributed by atoms with van der Waals surface area (Å²) in [6.07, 6.45) is 7.25. The molecule has 0 aliphatic rings. The quantitative estimate of drug-likeness (QED) is 0.468. The number of unbranched alkanes of at least 4 members (excludes halogenated alkanes) is 1. The van der Waals surface area contributed by atoms with E-state index in [9.17, 15) is 0 Å². The summed E-state index contributed by atoms with van der Waals surface area (Å²) in [7, 11) is 1.67. The SMILES string of the molecule is COc1ccc(-c2csc3ncnc(NCCCCn4ccnn4)c23)cc1. The van der Waals surface area contributed by atoms with Crippen molar-refractivity contribution < 1.29 is 4.74 Å². The third-order valence-corrected chi connectivity index (χ3v) is 5.24. The normalized spacial score (nSPS) is 11.0. The van der Waals surface area contributed by atoms with Crippen LogP contribution in [0.15, 0.2) is 48.4 Å². The van der Waals surface area contributed by atoms with E-state index in [1.807, 2.05) is 23.0 Å². The third kappa shape index (κ3) is 3.90. The van der Waals surface area contributed by atoms with Gasteiger partial charge in [-0.2, -0.15) is 0 Å². The van der Waals surface area contributed by atoms with Crippen molar-refractivity contribution in [3.63, 3.8) is 0 Å². The predicted molar refractivity (Wildman–Crippen MR) is 107 cm³/mol. The molecule has 8 heteroatoms. The molecular weight excluding hydrogens is 360 g/mol. The molecule has 3 heterocycles. The molecule has 4 rings (SSSR count). The number of nitrogens with zero attached hydrogens (tertiary/aromatic N) is 5. The van der Waals surface area contributed by atoms with E-state index in [1.54, 1.807) is 31.0 Å². The molecule has 138 valence electrons. The molecule has 0 bridgehead atoms. The summed E-state index contributed by atoms with van der Waals surface area (Å²) in [5, 5.41) is 14.5. The van der Waals surface area contributed by atoms with Gasteiger partial charge in [0.25, 0.3) is 0 Å². The van der Waals surface area contributed by atoms with Crippen LogP contribution in [0.2, 0.25) is 0 Å². The smallest absolute Gasteiger partial charge is 0.138 e. The number of hydrogen-bond donors (Lipinski definition) is 1. The van der Waals surface area contributed by atoms with Crippen LogP contribution in [0.5, 0.6) is 5.75 Å². The first kappa shape index (κ1) is 17.4. The van der Waals surface area contributed by atoms with Crippen molar-refractivity contribution in [1.29, 1.82) is 0 Å². The van der Waals surface area contributed by atoms with E-state index in [1.165, 1.54) is 0 Å². The van der Waals surface area contributed by atoms with E-state index in [0.717, 1.165) is 58.8 Å². The second-order valence-electron chi connectivity index (χ2n) is 6.08. The highest BCUT2D eigenvalue weighted by Crippen LogP contribution is 2.36. The number of methoxy groups -OCH3 is 1. The Labute approximate surface area is 161 Å². The molecule has 0 fully saturated rings.